The summed E-state index contributed by atoms with van der Waals surface area (Å²) in [5, 5.41) is 13.9. The lowest BCUT2D eigenvalue weighted by Gasteiger charge is -2.06. The first kappa shape index (κ1) is 11.4. The molecule has 0 fully saturated rings. The molecule has 0 atom stereocenters. The van der Waals surface area contributed by atoms with Crippen LogP contribution in [0.5, 0.6) is 0 Å². The van der Waals surface area contributed by atoms with E-state index >= 15 is 0 Å². The molecule has 0 aromatic heterocycles. The summed E-state index contributed by atoms with van der Waals surface area (Å²) in [4.78, 5) is 10.2. The van der Waals surface area contributed by atoms with Crippen LogP contribution < -0.4 is 5.32 Å². The molecule has 0 unspecified atom stereocenters. The molecule has 86 valence electrons. The van der Waals surface area contributed by atoms with Crippen LogP contribution in [0.2, 0.25) is 5.02 Å². The fraction of sp³-hybridized carbons (Fsp3) is 0. The Labute approximate surface area is 103 Å². The number of nitrogens with zero attached hydrogens (tertiary/aromatic N) is 1. The fourth-order valence-electron chi connectivity index (χ4n) is 1.42. The summed E-state index contributed by atoms with van der Waals surface area (Å²) < 4.78 is 0. The Hall–Kier alpha value is -2.07. The summed E-state index contributed by atoms with van der Waals surface area (Å²) >= 11 is 5.72. The number of hydrogen-bond donors (Lipinski definition) is 1. The van der Waals surface area contributed by atoms with Gasteiger partial charge < -0.3 is 5.32 Å². The van der Waals surface area contributed by atoms with Crippen molar-refractivity contribution in [1.29, 1.82) is 0 Å². The van der Waals surface area contributed by atoms with Crippen molar-refractivity contribution >= 4 is 28.7 Å². The molecule has 0 aliphatic carbocycles. The molecule has 2 aromatic carbocycles. The molecule has 5 heteroatoms. The van der Waals surface area contributed by atoms with Gasteiger partial charge in [0, 0.05) is 17.4 Å². The minimum absolute atomic E-state index is 0.104. The SMILES string of the molecule is O=[N+]([O-])c1cc(Nc2ccccc2)ccc1Cl. The lowest BCUT2D eigenvalue weighted by atomic mass is 10.2. The molecule has 0 saturated carbocycles. The van der Waals surface area contributed by atoms with Crippen LogP contribution in [-0.2, 0) is 0 Å². The standard InChI is InChI=1S/C12H9ClN2O2/c13-11-7-6-10(8-12(11)15(16)17)14-9-4-2-1-3-5-9/h1-8,14H. The van der Waals surface area contributed by atoms with Gasteiger partial charge >= 0.3 is 0 Å². The zero-order chi connectivity index (χ0) is 12.3. The molecule has 17 heavy (non-hydrogen) atoms. The average molecular weight is 249 g/mol. The first-order valence-corrected chi connectivity index (χ1v) is 5.30. The van der Waals surface area contributed by atoms with Gasteiger partial charge in [0.15, 0.2) is 0 Å². The van der Waals surface area contributed by atoms with Gasteiger partial charge in [-0.25, -0.2) is 0 Å². The Bertz CT molecular complexity index is 543. The van der Waals surface area contributed by atoms with E-state index in [1.807, 2.05) is 30.3 Å². The van der Waals surface area contributed by atoms with Crippen LogP contribution in [0.3, 0.4) is 0 Å². The van der Waals surface area contributed by atoms with Crippen LogP contribution in [0.4, 0.5) is 17.1 Å². The third-order valence-electron chi connectivity index (χ3n) is 2.21. The van der Waals surface area contributed by atoms with Gasteiger partial charge in [-0.15, -0.1) is 0 Å². The van der Waals surface area contributed by atoms with Gasteiger partial charge in [-0.3, -0.25) is 10.1 Å². The summed E-state index contributed by atoms with van der Waals surface area (Å²) in [6.07, 6.45) is 0. The van der Waals surface area contributed by atoms with Crippen LogP contribution in [0.1, 0.15) is 0 Å². The van der Waals surface area contributed by atoms with Crippen LogP contribution in [0.15, 0.2) is 48.5 Å². The predicted molar refractivity (Wildman–Crippen MR) is 67.8 cm³/mol. The molecule has 0 bridgehead atoms. The lowest BCUT2D eigenvalue weighted by molar-refractivity contribution is -0.384. The molecule has 4 nitrogen and oxygen atoms in total. The van der Waals surface area contributed by atoms with E-state index in [1.54, 1.807) is 6.07 Å². The maximum Gasteiger partial charge on any atom is 0.289 e. The molecule has 0 radical (unpaired) electrons. The summed E-state index contributed by atoms with van der Waals surface area (Å²) in [6.45, 7) is 0. The maximum absolute atomic E-state index is 10.7. The molecule has 2 rings (SSSR count). The van der Waals surface area contributed by atoms with Gasteiger partial charge in [0.05, 0.1) is 4.92 Å². The van der Waals surface area contributed by atoms with E-state index < -0.39 is 4.92 Å². The van der Waals surface area contributed by atoms with E-state index in [9.17, 15) is 10.1 Å². The molecule has 2 aromatic rings. The molecule has 0 amide bonds. The molecule has 1 N–H and O–H groups in total. The van der Waals surface area contributed by atoms with Crippen molar-refractivity contribution in [1.82, 2.24) is 0 Å². The minimum Gasteiger partial charge on any atom is -0.355 e. The van der Waals surface area contributed by atoms with Crippen molar-refractivity contribution in [2.75, 3.05) is 5.32 Å². The van der Waals surface area contributed by atoms with Gasteiger partial charge in [-0.2, -0.15) is 0 Å². The van der Waals surface area contributed by atoms with Gasteiger partial charge in [-0.05, 0) is 24.3 Å². The van der Waals surface area contributed by atoms with E-state index in [0.717, 1.165) is 5.69 Å². The summed E-state index contributed by atoms with van der Waals surface area (Å²) in [7, 11) is 0. The Balaban J connectivity index is 2.29. The van der Waals surface area contributed by atoms with Crippen molar-refractivity contribution in [3.05, 3.63) is 63.7 Å². The van der Waals surface area contributed by atoms with Gasteiger partial charge in [0.25, 0.3) is 5.69 Å². The first-order chi connectivity index (χ1) is 8.16. The molecule has 0 heterocycles. The number of nitro benzene ring substituents is 1. The molecular formula is C12H9ClN2O2. The van der Waals surface area contributed by atoms with E-state index in [0.29, 0.717) is 5.69 Å². The number of para-hydroxylation sites is 1. The monoisotopic (exact) mass is 248 g/mol. The highest BCUT2D eigenvalue weighted by Crippen LogP contribution is 2.28. The number of nitrogens with one attached hydrogen (secondary N) is 1. The number of rotatable bonds is 3. The highest BCUT2D eigenvalue weighted by Gasteiger charge is 2.12. The number of halogens is 1. The van der Waals surface area contributed by atoms with E-state index in [2.05, 4.69) is 5.32 Å². The third-order valence-corrected chi connectivity index (χ3v) is 2.52. The van der Waals surface area contributed by atoms with Crippen molar-refractivity contribution in [3.8, 4) is 0 Å². The predicted octanol–water partition coefficient (Wildman–Crippen LogP) is 3.99. The van der Waals surface area contributed by atoms with Crippen molar-refractivity contribution in [2.45, 2.75) is 0 Å². The van der Waals surface area contributed by atoms with E-state index in [1.165, 1.54) is 12.1 Å². The second kappa shape index (κ2) is 4.84. The summed E-state index contributed by atoms with van der Waals surface area (Å²) in [5.74, 6) is 0. The average Bonchev–Trinajstić information content (AvgIpc) is 2.32. The molecular weight excluding hydrogens is 240 g/mol. The Kier molecular flexibility index (Phi) is 3.25. The van der Waals surface area contributed by atoms with Crippen molar-refractivity contribution in [3.63, 3.8) is 0 Å². The van der Waals surface area contributed by atoms with Gasteiger partial charge in [0.2, 0.25) is 0 Å². The number of benzene rings is 2. The molecule has 0 aliphatic heterocycles. The molecule has 0 spiro atoms. The van der Waals surface area contributed by atoms with Gasteiger partial charge in [-0.1, -0.05) is 29.8 Å². The zero-order valence-corrected chi connectivity index (χ0v) is 9.52. The fourth-order valence-corrected chi connectivity index (χ4v) is 1.61. The Morgan fingerprint density at radius 3 is 2.41 bits per heavy atom. The highest BCUT2D eigenvalue weighted by molar-refractivity contribution is 6.32. The smallest absolute Gasteiger partial charge is 0.289 e. The topological polar surface area (TPSA) is 55.2 Å². The number of hydrogen-bond acceptors (Lipinski definition) is 3. The van der Waals surface area contributed by atoms with E-state index in [-0.39, 0.29) is 10.7 Å². The summed E-state index contributed by atoms with van der Waals surface area (Å²) in [5.41, 5.74) is 1.39. The normalized spacial score (nSPS) is 9.94. The molecule has 0 aliphatic rings. The van der Waals surface area contributed by atoms with Crippen LogP contribution >= 0.6 is 11.6 Å². The quantitative estimate of drug-likeness (QED) is 0.660. The Morgan fingerprint density at radius 2 is 1.76 bits per heavy atom. The first-order valence-electron chi connectivity index (χ1n) is 4.93. The van der Waals surface area contributed by atoms with Crippen molar-refractivity contribution in [2.24, 2.45) is 0 Å². The van der Waals surface area contributed by atoms with Gasteiger partial charge in [0.1, 0.15) is 5.02 Å². The largest absolute Gasteiger partial charge is 0.355 e. The van der Waals surface area contributed by atoms with Crippen LogP contribution in [0.25, 0.3) is 0 Å². The number of anilines is 2. The van der Waals surface area contributed by atoms with Crippen LogP contribution in [0, 0.1) is 10.1 Å². The minimum atomic E-state index is -0.501. The van der Waals surface area contributed by atoms with E-state index in [4.69, 9.17) is 11.6 Å². The van der Waals surface area contributed by atoms with Crippen molar-refractivity contribution < 1.29 is 4.92 Å². The van der Waals surface area contributed by atoms with Crippen LogP contribution in [-0.4, -0.2) is 4.92 Å². The third kappa shape index (κ3) is 2.73. The maximum atomic E-state index is 10.7. The Morgan fingerprint density at radius 1 is 1.06 bits per heavy atom. The highest BCUT2D eigenvalue weighted by atomic mass is 35.5. The summed E-state index contributed by atoms with van der Waals surface area (Å²) in [6, 6.07) is 14.0. The second-order valence-corrected chi connectivity index (χ2v) is 3.82. The zero-order valence-electron chi connectivity index (χ0n) is 8.76. The second-order valence-electron chi connectivity index (χ2n) is 3.41. The number of nitro groups is 1. The lowest BCUT2D eigenvalue weighted by Crippen LogP contribution is -1.93. The molecule has 0 saturated heterocycles.